The second-order valence-electron chi connectivity index (χ2n) is 4.08. The van der Waals surface area contributed by atoms with Crippen LogP contribution in [0.4, 0.5) is 5.82 Å². The maximum absolute atomic E-state index is 4.42. The number of hydrogen-bond donors (Lipinski definition) is 0. The van der Waals surface area contributed by atoms with Crippen molar-refractivity contribution < 1.29 is 0 Å². The van der Waals surface area contributed by atoms with Crippen LogP contribution in [0.5, 0.6) is 0 Å². The predicted octanol–water partition coefficient (Wildman–Crippen LogP) is 2.48. The molecule has 0 saturated carbocycles. The molecule has 1 saturated heterocycles. The number of anilines is 1. The maximum Gasteiger partial charge on any atom is 0.156 e. The van der Waals surface area contributed by atoms with Gasteiger partial charge >= 0.3 is 0 Å². The van der Waals surface area contributed by atoms with Crippen LogP contribution >= 0.6 is 15.9 Å². The number of fused-ring (bicyclic) bond motifs is 1. The van der Waals surface area contributed by atoms with Crippen molar-refractivity contribution >= 4 is 27.3 Å². The fraction of sp³-hybridized carbons (Fsp3) is 0.455. The van der Waals surface area contributed by atoms with E-state index in [-0.39, 0.29) is 0 Å². The minimum Gasteiger partial charge on any atom is -0.355 e. The molecule has 1 fully saturated rings. The molecule has 0 radical (unpaired) electrons. The van der Waals surface area contributed by atoms with E-state index < -0.39 is 0 Å². The third-order valence-corrected chi connectivity index (χ3v) is 3.64. The molecule has 0 N–H and O–H groups in total. The lowest BCUT2D eigenvalue weighted by Gasteiger charge is -2.27. The van der Waals surface area contributed by atoms with E-state index in [1.54, 1.807) is 6.33 Å². The first-order valence-corrected chi connectivity index (χ1v) is 6.39. The fourth-order valence-corrected chi connectivity index (χ4v) is 2.65. The van der Waals surface area contributed by atoms with E-state index >= 15 is 0 Å². The summed E-state index contributed by atoms with van der Waals surface area (Å²) in [6.07, 6.45) is 5.49. The average molecular weight is 281 g/mol. The van der Waals surface area contributed by atoms with Crippen LogP contribution in [0.15, 0.2) is 23.1 Å². The van der Waals surface area contributed by atoms with Gasteiger partial charge in [-0.15, -0.1) is 0 Å². The lowest BCUT2D eigenvalue weighted by atomic mass is 10.1. The Morgan fingerprint density at radius 2 is 1.94 bits per heavy atom. The van der Waals surface area contributed by atoms with E-state index in [4.69, 9.17) is 0 Å². The van der Waals surface area contributed by atoms with Gasteiger partial charge in [0.05, 0.1) is 0 Å². The summed E-state index contributed by atoms with van der Waals surface area (Å²) in [4.78, 5) is 6.77. The van der Waals surface area contributed by atoms with Crippen LogP contribution in [0.1, 0.15) is 19.3 Å². The summed E-state index contributed by atoms with van der Waals surface area (Å²) in [6, 6.07) is 4.07. The normalized spacial score (nSPS) is 16.9. The molecule has 2 aromatic rings. The zero-order chi connectivity index (χ0) is 11.0. The topological polar surface area (TPSA) is 33.4 Å². The number of nitrogens with zero attached hydrogens (tertiary/aromatic N) is 4. The van der Waals surface area contributed by atoms with E-state index in [1.165, 1.54) is 19.3 Å². The highest BCUT2D eigenvalue weighted by atomic mass is 79.9. The van der Waals surface area contributed by atoms with Crippen molar-refractivity contribution in [1.29, 1.82) is 0 Å². The molecule has 0 amide bonds. The number of rotatable bonds is 1. The van der Waals surface area contributed by atoms with Gasteiger partial charge < -0.3 is 4.90 Å². The van der Waals surface area contributed by atoms with Crippen molar-refractivity contribution in [2.75, 3.05) is 18.0 Å². The van der Waals surface area contributed by atoms with Crippen LogP contribution in [-0.4, -0.2) is 27.7 Å². The summed E-state index contributed by atoms with van der Waals surface area (Å²) in [5, 5.41) is 4.23. The zero-order valence-corrected chi connectivity index (χ0v) is 10.5. The lowest BCUT2D eigenvalue weighted by Crippen LogP contribution is -2.30. The van der Waals surface area contributed by atoms with Gasteiger partial charge in [0.15, 0.2) is 5.82 Å². The van der Waals surface area contributed by atoms with Gasteiger partial charge in [-0.1, -0.05) is 0 Å². The van der Waals surface area contributed by atoms with E-state index in [1.807, 2.05) is 10.6 Å². The van der Waals surface area contributed by atoms with Gasteiger partial charge in [-0.05, 0) is 47.3 Å². The summed E-state index contributed by atoms with van der Waals surface area (Å²) in [5.41, 5.74) is 1.08. The summed E-state index contributed by atoms with van der Waals surface area (Å²) >= 11 is 3.48. The summed E-state index contributed by atoms with van der Waals surface area (Å²) in [6.45, 7) is 2.21. The van der Waals surface area contributed by atoms with Gasteiger partial charge in [0, 0.05) is 13.1 Å². The van der Waals surface area contributed by atoms with Crippen LogP contribution in [0, 0.1) is 0 Å². The van der Waals surface area contributed by atoms with Crippen molar-refractivity contribution in [3.63, 3.8) is 0 Å². The predicted molar refractivity (Wildman–Crippen MR) is 66.8 cm³/mol. The fourth-order valence-electron chi connectivity index (χ4n) is 2.24. The third kappa shape index (κ3) is 1.59. The Labute approximate surface area is 102 Å². The lowest BCUT2D eigenvalue weighted by molar-refractivity contribution is 0.573. The standard InChI is InChI=1S/C11H13BrN4/c12-10-5-4-9-11(13-8-14-16(9)10)15-6-2-1-3-7-15/h4-5,8H,1-3,6-7H2. The molecule has 3 heterocycles. The first-order chi connectivity index (χ1) is 7.86. The molecule has 1 aliphatic rings. The van der Waals surface area contributed by atoms with E-state index in [9.17, 15) is 0 Å². The molecule has 0 atom stereocenters. The molecule has 16 heavy (non-hydrogen) atoms. The highest BCUT2D eigenvalue weighted by Crippen LogP contribution is 2.24. The molecule has 5 heteroatoms. The van der Waals surface area contributed by atoms with E-state index in [0.29, 0.717) is 0 Å². The minimum absolute atomic E-state index is 0.975. The van der Waals surface area contributed by atoms with Crippen LogP contribution in [0.3, 0.4) is 0 Å². The Morgan fingerprint density at radius 3 is 2.75 bits per heavy atom. The molecule has 0 unspecified atom stereocenters. The Balaban J connectivity index is 2.08. The molecular weight excluding hydrogens is 268 g/mol. The van der Waals surface area contributed by atoms with Gasteiger partial charge in [-0.2, -0.15) is 5.10 Å². The Bertz CT molecular complexity index is 502. The molecule has 1 aliphatic heterocycles. The van der Waals surface area contributed by atoms with Gasteiger partial charge in [-0.25, -0.2) is 9.50 Å². The highest BCUT2D eigenvalue weighted by Gasteiger charge is 2.16. The summed E-state index contributed by atoms with van der Waals surface area (Å²) in [5.74, 6) is 1.06. The first kappa shape index (κ1) is 10.1. The quantitative estimate of drug-likeness (QED) is 0.805. The van der Waals surface area contributed by atoms with Crippen molar-refractivity contribution in [2.24, 2.45) is 0 Å². The average Bonchev–Trinajstić information content (AvgIpc) is 2.73. The van der Waals surface area contributed by atoms with Crippen LogP contribution in [-0.2, 0) is 0 Å². The summed E-state index contributed by atoms with van der Waals surface area (Å²) < 4.78 is 2.86. The second kappa shape index (κ2) is 4.05. The molecule has 3 rings (SSSR count). The van der Waals surface area contributed by atoms with Crippen molar-refractivity contribution in [2.45, 2.75) is 19.3 Å². The highest BCUT2D eigenvalue weighted by molar-refractivity contribution is 9.10. The Morgan fingerprint density at radius 1 is 1.12 bits per heavy atom. The van der Waals surface area contributed by atoms with Crippen molar-refractivity contribution in [1.82, 2.24) is 14.6 Å². The maximum atomic E-state index is 4.42. The monoisotopic (exact) mass is 280 g/mol. The van der Waals surface area contributed by atoms with Gasteiger partial charge in [0.25, 0.3) is 0 Å². The molecule has 84 valence electrons. The van der Waals surface area contributed by atoms with Crippen LogP contribution < -0.4 is 4.90 Å². The molecule has 0 aromatic carbocycles. The number of aromatic nitrogens is 3. The van der Waals surface area contributed by atoms with Crippen LogP contribution in [0.25, 0.3) is 5.52 Å². The van der Waals surface area contributed by atoms with Gasteiger partial charge in [0.1, 0.15) is 16.4 Å². The third-order valence-electron chi connectivity index (χ3n) is 3.04. The number of piperidine rings is 1. The van der Waals surface area contributed by atoms with Gasteiger partial charge in [-0.3, -0.25) is 0 Å². The molecular formula is C11H13BrN4. The largest absolute Gasteiger partial charge is 0.355 e. The van der Waals surface area contributed by atoms with E-state index in [0.717, 1.165) is 29.0 Å². The smallest absolute Gasteiger partial charge is 0.156 e. The van der Waals surface area contributed by atoms with E-state index in [2.05, 4.69) is 37.0 Å². The Hall–Kier alpha value is -1.10. The molecule has 4 nitrogen and oxygen atoms in total. The number of halogens is 1. The molecule has 0 bridgehead atoms. The molecule has 2 aromatic heterocycles. The SMILES string of the molecule is Brc1ccc2c(N3CCCCC3)ncnn12. The molecule has 0 spiro atoms. The second-order valence-corrected chi connectivity index (χ2v) is 4.90. The first-order valence-electron chi connectivity index (χ1n) is 5.59. The van der Waals surface area contributed by atoms with Crippen LogP contribution in [0.2, 0.25) is 0 Å². The summed E-state index contributed by atoms with van der Waals surface area (Å²) in [7, 11) is 0. The van der Waals surface area contributed by atoms with Crippen molar-refractivity contribution in [3.05, 3.63) is 23.1 Å². The number of hydrogen-bond acceptors (Lipinski definition) is 3. The Kier molecular flexibility index (Phi) is 2.55. The van der Waals surface area contributed by atoms with Gasteiger partial charge in [0.2, 0.25) is 0 Å². The molecule has 0 aliphatic carbocycles. The zero-order valence-electron chi connectivity index (χ0n) is 8.93. The minimum atomic E-state index is 0.975. The van der Waals surface area contributed by atoms with Crippen molar-refractivity contribution in [3.8, 4) is 0 Å².